The van der Waals surface area contributed by atoms with Gasteiger partial charge in [0, 0.05) is 12.0 Å². The SMILES string of the molecule is O=C1CCCc2ccc(OCC3CCCC3)cc21. The lowest BCUT2D eigenvalue weighted by atomic mass is 9.90. The van der Waals surface area contributed by atoms with Gasteiger partial charge in [0.1, 0.15) is 5.75 Å². The molecule has 0 heterocycles. The molecule has 0 spiro atoms. The van der Waals surface area contributed by atoms with Crippen molar-refractivity contribution in [1.82, 2.24) is 0 Å². The van der Waals surface area contributed by atoms with E-state index in [1.165, 1.54) is 31.2 Å². The van der Waals surface area contributed by atoms with E-state index in [2.05, 4.69) is 6.07 Å². The molecule has 1 saturated carbocycles. The third kappa shape index (κ3) is 2.43. The summed E-state index contributed by atoms with van der Waals surface area (Å²) >= 11 is 0. The molecular weight excluding hydrogens is 224 g/mol. The number of Topliss-reactive ketones (excluding diaryl/α,β-unsaturated/α-hetero) is 1. The lowest BCUT2D eigenvalue weighted by Crippen LogP contribution is -2.12. The molecule has 0 atom stereocenters. The van der Waals surface area contributed by atoms with Crippen molar-refractivity contribution in [1.29, 1.82) is 0 Å². The Morgan fingerprint density at radius 3 is 2.78 bits per heavy atom. The monoisotopic (exact) mass is 244 g/mol. The minimum Gasteiger partial charge on any atom is -0.493 e. The summed E-state index contributed by atoms with van der Waals surface area (Å²) in [6.45, 7) is 0.812. The zero-order valence-electron chi connectivity index (χ0n) is 10.8. The molecule has 0 unspecified atom stereocenters. The van der Waals surface area contributed by atoms with Crippen LogP contribution in [-0.2, 0) is 6.42 Å². The highest BCUT2D eigenvalue weighted by Gasteiger charge is 2.19. The lowest BCUT2D eigenvalue weighted by Gasteiger charge is -2.17. The molecule has 0 radical (unpaired) electrons. The summed E-state index contributed by atoms with van der Waals surface area (Å²) in [5.41, 5.74) is 2.09. The third-order valence-corrected chi connectivity index (χ3v) is 4.19. The molecule has 2 nitrogen and oxygen atoms in total. The Morgan fingerprint density at radius 1 is 1.11 bits per heavy atom. The van der Waals surface area contributed by atoms with Crippen LogP contribution in [0.5, 0.6) is 5.75 Å². The fourth-order valence-electron chi connectivity index (χ4n) is 3.09. The van der Waals surface area contributed by atoms with Gasteiger partial charge in [0.05, 0.1) is 6.61 Å². The van der Waals surface area contributed by atoms with Crippen LogP contribution in [0.1, 0.15) is 54.4 Å². The van der Waals surface area contributed by atoms with Gasteiger partial charge in [-0.25, -0.2) is 0 Å². The van der Waals surface area contributed by atoms with Gasteiger partial charge in [-0.05, 0) is 49.3 Å². The average molecular weight is 244 g/mol. The molecule has 0 N–H and O–H groups in total. The second-order valence-corrected chi connectivity index (χ2v) is 5.56. The predicted octanol–water partition coefficient (Wildman–Crippen LogP) is 3.77. The van der Waals surface area contributed by atoms with E-state index in [-0.39, 0.29) is 5.78 Å². The smallest absolute Gasteiger partial charge is 0.163 e. The summed E-state index contributed by atoms with van der Waals surface area (Å²) in [5, 5.41) is 0. The van der Waals surface area contributed by atoms with Gasteiger partial charge < -0.3 is 4.74 Å². The number of aryl methyl sites for hydroxylation is 1. The number of hydrogen-bond donors (Lipinski definition) is 0. The lowest BCUT2D eigenvalue weighted by molar-refractivity contribution is 0.0972. The van der Waals surface area contributed by atoms with Crippen LogP contribution in [0.4, 0.5) is 0 Å². The number of carbonyl (C=O) groups excluding carboxylic acids is 1. The van der Waals surface area contributed by atoms with Crippen molar-refractivity contribution in [3.63, 3.8) is 0 Å². The highest BCUT2D eigenvalue weighted by atomic mass is 16.5. The quantitative estimate of drug-likeness (QED) is 0.809. The minimum absolute atomic E-state index is 0.280. The largest absolute Gasteiger partial charge is 0.493 e. The summed E-state index contributed by atoms with van der Waals surface area (Å²) < 4.78 is 5.85. The van der Waals surface area contributed by atoms with E-state index in [1.54, 1.807) is 0 Å². The zero-order valence-corrected chi connectivity index (χ0v) is 10.8. The second kappa shape index (κ2) is 5.13. The van der Waals surface area contributed by atoms with Gasteiger partial charge in [-0.1, -0.05) is 18.9 Å². The first-order valence-corrected chi connectivity index (χ1v) is 7.12. The van der Waals surface area contributed by atoms with Crippen LogP contribution in [0.25, 0.3) is 0 Å². The Morgan fingerprint density at radius 2 is 1.94 bits per heavy atom. The Balaban J connectivity index is 1.69. The van der Waals surface area contributed by atoms with Crippen LogP contribution in [-0.4, -0.2) is 12.4 Å². The topological polar surface area (TPSA) is 26.3 Å². The van der Waals surface area contributed by atoms with Crippen molar-refractivity contribution in [3.8, 4) is 5.75 Å². The van der Waals surface area contributed by atoms with Gasteiger partial charge in [-0.15, -0.1) is 0 Å². The molecule has 0 aliphatic heterocycles. The number of ether oxygens (including phenoxy) is 1. The Bertz CT molecular complexity index is 444. The fourth-order valence-corrected chi connectivity index (χ4v) is 3.09. The minimum atomic E-state index is 0.280. The standard InChI is InChI=1S/C16H20O2/c17-16-7-3-6-13-8-9-14(10-15(13)16)18-11-12-4-1-2-5-12/h8-10,12H,1-7,11H2. The number of carbonyl (C=O) groups is 1. The van der Waals surface area contributed by atoms with Crippen molar-refractivity contribution in [2.45, 2.75) is 44.9 Å². The average Bonchev–Trinajstić information content (AvgIpc) is 2.90. The Hall–Kier alpha value is -1.31. The molecule has 0 amide bonds. The maximum atomic E-state index is 11.8. The molecule has 0 bridgehead atoms. The van der Waals surface area contributed by atoms with Gasteiger partial charge in [0.15, 0.2) is 5.78 Å². The molecule has 18 heavy (non-hydrogen) atoms. The highest BCUT2D eigenvalue weighted by molar-refractivity contribution is 5.98. The van der Waals surface area contributed by atoms with Crippen LogP contribution in [0.2, 0.25) is 0 Å². The molecule has 0 saturated heterocycles. The van der Waals surface area contributed by atoms with Gasteiger partial charge >= 0.3 is 0 Å². The first kappa shape index (κ1) is 11.8. The number of ketones is 1. The van der Waals surface area contributed by atoms with Crippen LogP contribution >= 0.6 is 0 Å². The molecule has 3 rings (SSSR count). The van der Waals surface area contributed by atoms with Crippen molar-refractivity contribution in [3.05, 3.63) is 29.3 Å². The van der Waals surface area contributed by atoms with Gasteiger partial charge in [0.2, 0.25) is 0 Å². The molecule has 2 aliphatic carbocycles. The van der Waals surface area contributed by atoms with Crippen LogP contribution in [0.15, 0.2) is 18.2 Å². The van der Waals surface area contributed by atoms with E-state index in [1.807, 2.05) is 12.1 Å². The van der Waals surface area contributed by atoms with E-state index in [0.717, 1.165) is 36.7 Å². The maximum Gasteiger partial charge on any atom is 0.163 e. The van der Waals surface area contributed by atoms with E-state index in [0.29, 0.717) is 6.42 Å². The summed E-state index contributed by atoms with van der Waals surface area (Å²) in [4.78, 5) is 11.8. The van der Waals surface area contributed by atoms with E-state index in [4.69, 9.17) is 4.74 Å². The van der Waals surface area contributed by atoms with Crippen molar-refractivity contribution < 1.29 is 9.53 Å². The first-order valence-electron chi connectivity index (χ1n) is 7.12. The van der Waals surface area contributed by atoms with Gasteiger partial charge in [-0.2, -0.15) is 0 Å². The van der Waals surface area contributed by atoms with E-state index >= 15 is 0 Å². The molecule has 1 fully saturated rings. The Labute approximate surface area is 108 Å². The second-order valence-electron chi connectivity index (χ2n) is 5.56. The number of fused-ring (bicyclic) bond motifs is 1. The molecule has 0 aromatic heterocycles. The zero-order chi connectivity index (χ0) is 12.4. The molecular formula is C16H20O2. The summed E-state index contributed by atoms with van der Waals surface area (Å²) in [6, 6.07) is 6.04. The van der Waals surface area contributed by atoms with Crippen molar-refractivity contribution in [2.75, 3.05) is 6.61 Å². The van der Waals surface area contributed by atoms with Gasteiger partial charge in [0.25, 0.3) is 0 Å². The summed E-state index contributed by atoms with van der Waals surface area (Å²) in [5.74, 6) is 1.87. The number of benzene rings is 1. The van der Waals surface area contributed by atoms with Gasteiger partial charge in [-0.3, -0.25) is 4.79 Å². The number of hydrogen-bond acceptors (Lipinski definition) is 2. The maximum absolute atomic E-state index is 11.8. The van der Waals surface area contributed by atoms with Crippen LogP contribution in [0, 0.1) is 5.92 Å². The normalized spacial score (nSPS) is 19.9. The van der Waals surface area contributed by atoms with Crippen molar-refractivity contribution in [2.24, 2.45) is 5.92 Å². The molecule has 2 heteroatoms. The number of rotatable bonds is 3. The summed E-state index contributed by atoms with van der Waals surface area (Å²) in [6.07, 6.45) is 8.00. The summed E-state index contributed by atoms with van der Waals surface area (Å²) in [7, 11) is 0. The first-order chi connectivity index (χ1) is 8.83. The van der Waals surface area contributed by atoms with Crippen molar-refractivity contribution >= 4 is 5.78 Å². The molecule has 1 aromatic carbocycles. The predicted molar refractivity (Wildman–Crippen MR) is 71.2 cm³/mol. The van der Waals surface area contributed by atoms with Crippen LogP contribution < -0.4 is 4.74 Å². The van der Waals surface area contributed by atoms with E-state index in [9.17, 15) is 4.79 Å². The third-order valence-electron chi connectivity index (χ3n) is 4.19. The molecule has 1 aromatic rings. The fraction of sp³-hybridized carbons (Fsp3) is 0.562. The molecule has 96 valence electrons. The Kier molecular flexibility index (Phi) is 3.35. The van der Waals surface area contributed by atoms with Crippen LogP contribution in [0.3, 0.4) is 0 Å². The van der Waals surface area contributed by atoms with E-state index < -0.39 is 0 Å². The molecule has 2 aliphatic rings. The highest BCUT2D eigenvalue weighted by Crippen LogP contribution is 2.28.